The van der Waals surface area contributed by atoms with Crippen LogP contribution in [0.15, 0.2) is 58.3 Å². The second-order valence-corrected chi connectivity index (χ2v) is 7.26. The quantitative estimate of drug-likeness (QED) is 0.466. The predicted octanol–water partition coefficient (Wildman–Crippen LogP) is 4.91. The smallest absolute Gasteiger partial charge is 0.277 e. The fraction of sp³-hybridized carbons (Fsp3) is 0.105. The topological polar surface area (TPSA) is 83.8 Å². The van der Waals surface area contributed by atoms with E-state index in [1.165, 1.54) is 11.8 Å². The van der Waals surface area contributed by atoms with Crippen LogP contribution in [0, 0.1) is 6.92 Å². The highest BCUT2D eigenvalue weighted by Gasteiger charge is 2.14. The molecule has 0 bridgehead atoms. The Balaban J connectivity index is 1.41. The van der Waals surface area contributed by atoms with E-state index in [4.69, 9.17) is 16.0 Å². The van der Waals surface area contributed by atoms with Crippen molar-refractivity contribution in [3.63, 3.8) is 0 Å². The number of benzene rings is 2. The molecule has 0 aliphatic heterocycles. The summed E-state index contributed by atoms with van der Waals surface area (Å²) in [5, 5.41) is 12.9. The van der Waals surface area contributed by atoms with Crippen molar-refractivity contribution < 1.29 is 9.21 Å². The summed E-state index contributed by atoms with van der Waals surface area (Å²) in [6.45, 7) is 1.91. The molecule has 2 N–H and O–H groups in total. The van der Waals surface area contributed by atoms with Crippen molar-refractivity contribution in [1.29, 1.82) is 0 Å². The lowest BCUT2D eigenvalue weighted by Gasteiger charge is -2.05. The van der Waals surface area contributed by atoms with Gasteiger partial charge in [-0.1, -0.05) is 47.6 Å². The van der Waals surface area contributed by atoms with Crippen LogP contribution in [0.25, 0.3) is 22.4 Å². The standard InChI is InChI=1S/C19H15ClN4O2S/c1-11-6-7-12(8-15(11)20)22-17(25)10-27-19-24-23-18(26-19)14-9-21-16-5-3-2-4-13(14)16/h2-9,21H,10H2,1H3,(H,22,25). The number of para-hydroxylation sites is 1. The largest absolute Gasteiger partial charge is 0.411 e. The molecule has 4 rings (SSSR count). The maximum absolute atomic E-state index is 12.1. The average Bonchev–Trinajstić information content (AvgIpc) is 3.29. The number of aryl methyl sites for hydroxylation is 1. The van der Waals surface area contributed by atoms with Crippen molar-refractivity contribution in [2.75, 3.05) is 11.1 Å². The van der Waals surface area contributed by atoms with Gasteiger partial charge in [-0.2, -0.15) is 0 Å². The third-order valence-corrected chi connectivity index (χ3v) is 5.23. The highest BCUT2D eigenvalue weighted by atomic mass is 35.5. The lowest BCUT2D eigenvalue weighted by Crippen LogP contribution is -2.14. The number of hydrogen-bond donors (Lipinski definition) is 2. The van der Waals surface area contributed by atoms with Crippen molar-refractivity contribution in [3.05, 3.63) is 59.2 Å². The number of fused-ring (bicyclic) bond motifs is 1. The second kappa shape index (κ2) is 7.46. The maximum Gasteiger partial charge on any atom is 0.277 e. The number of thioether (sulfide) groups is 1. The summed E-state index contributed by atoms with van der Waals surface area (Å²) in [5.41, 5.74) is 3.45. The zero-order valence-corrected chi connectivity index (χ0v) is 15.9. The molecule has 0 saturated carbocycles. The number of H-pyrrole nitrogens is 1. The lowest BCUT2D eigenvalue weighted by molar-refractivity contribution is -0.113. The fourth-order valence-corrected chi connectivity index (χ4v) is 3.36. The van der Waals surface area contributed by atoms with Crippen LogP contribution in [0.4, 0.5) is 5.69 Å². The maximum atomic E-state index is 12.1. The van der Waals surface area contributed by atoms with Gasteiger partial charge in [-0.3, -0.25) is 4.79 Å². The van der Waals surface area contributed by atoms with E-state index in [9.17, 15) is 4.79 Å². The van der Waals surface area contributed by atoms with Gasteiger partial charge in [0.15, 0.2) is 0 Å². The van der Waals surface area contributed by atoms with E-state index in [0.29, 0.717) is 21.8 Å². The van der Waals surface area contributed by atoms with Crippen LogP contribution in [-0.2, 0) is 4.79 Å². The summed E-state index contributed by atoms with van der Waals surface area (Å²) in [4.78, 5) is 15.3. The van der Waals surface area contributed by atoms with Gasteiger partial charge in [0.2, 0.25) is 5.91 Å². The first-order chi connectivity index (χ1) is 13.1. The minimum absolute atomic E-state index is 0.154. The van der Waals surface area contributed by atoms with E-state index in [1.54, 1.807) is 6.07 Å². The SMILES string of the molecule is Cc1ccc(NC(=O)CSc2nnc(-c3c[nH]c4ccccc34)o2)cc1Cl. The minimum Gasteiger partial charge on any atom is -0.411 e. The number of anilines is 1. The van der Waals surface area contributed by atoms with Crippen LogP contribution in [0.2, 0.25) is 5.02 Å². The Morgan fingerprint density at radius 2 is 2.11 bits per heavy atom. The van der Waals surface area contributed by atoms with Crippen molar-refractivity contribution in [2.45, 2.75) is 12.1 Å². The van der Waals surface area contributed by atoms with E-state index in [2.05, 4.69) is 20.5 Å². The molecule has 0 aliphatic carbocycles. The molecule has 0 saturated heterocycles. The van der Waals surface area contributed by atoms with Gasteiger partial charge in [-0.05, 0) is 30.7 Å². The number of nitrogens with one attached hydrogen (secondary N) is 2. The summed E-state index contributed by atoms with van der Waals surface area (Å²) in [7, 11) is 0. The van der Waals surface area contributed by atoms with E-state index >= 15 is 0 Å². The number of carbonyl (C=O) groups excluding carboxylic acids is 1. The molecule has 2 aromatic heterocycles. The number of nitrogens with zero attached hydrogens (tertiary/aromatic N) is 2. The first-order valence-corrected chi connectivity index (χ1v) is 9.55. The zero-order valence-electron chi connectivity index (χ0n) is 14.3. The molecule has 27 heavy (non-hydrogen) atoms. The van der Waals surface area contributed by atoms with Crippen LogP contribution < -0.4 is 5.32 Å². The van der Waals surface area contributed by atoms with Crippen molar-refractivity contribution in [2.24, 2.45) is 0 Å². The van der Waals surface area contributed by atoms with Crippen molar-refractivity contribution in [1.82, 2.24) is 15.2 Å². The first-order valence-electron chi connectivity index (χ1n) is 8.19. The molecule has 8 heteroatoms. The minimum atomic E-state index is -0.174. The summed E-state index contributed by atoms with van der Waals surface area (Å²) < 4.78 is 5.69. The molecule has 0 aliphatic rings. The zero-order chi connectivity index (χ0) is 18.8. The molecular formula is C19H15ClN4O2S. The predicted molar refractivity (Wildman–Crippen MR) is 107 cm³/mol. The second-order valence-electron chi connectivity index (χ2n) is 5.92. The molecule has 2 aromatic carbocycles. The fourth-order valence-electron chi connectivity index (χ4n) is 2.62. The van der Waals surface area contributed by atoms with Gasteiger partial charge in [-0.25, -0.2) is 0 Å². The summed E-state index contributed by atoms with van der Waals surface area (Å²) in [5.74, 6) is 0.397. The van der Waals surface area contributed by atoms with Gasteiger partial charge >= 0.3 is 0 Å². The Hall–Kier alpha value is -2.77. The molecule has 0 unspecified atom stereocenters. The summed E-state index contributed by atoms with van der Waals surface area (Å²) in [6, 6.07) is 13.3. The van der Waals surface area contributed by atoms with Crippen LogP contribution >= 0.6 is 23.4 Å². The van der Waals surface area contributed by atoms with Crippen LogP contribution in [0.1, 0.15) is 5.56 Å². The van der Waals surface area contributed by atoms with Gasteiger partial charge in [0, 0.05) is 27.8 Å². The summed E-state index contributed by atoms with van der Waals surface area (Å²) in [6.07, 6.45) is 1.83. The number of carbonyl (C=O) groups is 1. The van der Waals surface area contributed by atoms with Crippen LogP contribution in [0.3, 0.4) is 0 Å². The molecule has 0 atom stereocenters. The Morgan fingerprint density at radius 1 is 1.26 bits per heavy atom. The molecule has 6 nitrogen and oxygen atoms in total. The van der Waals surface area contributed by atoms with Gasteiger partial charge in [-0.15, -0.1) is 10.2 Å². The van der Waals surface area contributed by atoms with E-state index in [0.717, 1.165) is 22.0 Å². The Bertz CT molecular complexity index is 1120. The number of hydrogen-bond acceptors (Lipinski definition) is 5. The molecule has 136 valence electrons. The Labute approximate surface area is 164 Å². The molecule has 4 aromatic rings. The highest BCUT2D eigenvalue weighted by molar-refractivity contribution is 7.99. The Kier molecular flexibility index (Phi) is 4.87. The molecule has 2 heterocycles. The number of rotatable bonds is 5. The van der Waals surface area contributed by atoms with E-state index in [-0.39, 0.29) is 11.7 Å². The van der Waals surface area contributed by atoms with Gasteiger partial charge in [0.25, 0.3) is 11.1 Å². The Morgan fingerprint density at radius 3 is 2.96 bits per heavy atom. The molecule has 1 amide bonds. The number of halogens is 1. The van der Waals surface area contributed by atoms with Gasteiger partial charge in [0.05, 0.1) is 11.3 Å². The van der Waals surface area contributed by atoms with Crippen LogP contribution in [-0.4, -0.2) is 26.8 Å². The molecular weight excluding hydrogens is 384 g/mol. The van der Waals surface area contributed by atoms with Crippen LogP contribution in [0.5, 0.6) is 0 Å². The molecule has 0 spiro atoms. The lowest BCUT2D eigenvalue weighted by atomic mass is 10.2. The molecule has 0 radical (unpaired) electrons. The molecule has 0 fully saturated rings. The monoisotopic (exact) mass is 398 g/mol. The summed E-state index contributed by atoms with van der Waals surface area (Å²) >= 11 is 7.25. The average molecular weight is 399 g/mol. The number of aromatic nitrogens is 3. The first kappa shape index (κ1) is 17.6. The van der Waals surface area contributed by atoms with E-state index in [1.807, 2.05) is 49.5 Å². The number of aromatic amines is 1. The third kappa shape index (κ3) is 3.84. The number of amides is 1. The van der Waals surface area contributed by atoms with Crippen molar-refractivity contribution >= 4 is 45.9 Å². The normalized spacial score (nSPS) is 11.0. The highest BCUT2D eigenvalue weighted by Crippen LogP contribution is 2.29. The van der Waals surface area contributed by atoms with Gasteiger partial charge < -0.3 is 14.7 Å². The third-order valence-electron chi connectivity index (χ3n) is 4.01. The van der Waals surface area contributed by atoms with Crippen molar-refractivity contribution in [3.8, 4) is 11.5 Å². The van der Waals surface area contributed by atoms with Gasteiger partial charge in [0.1, 0.15) is 0 Å². The van der Waals surface area contributed by atoms with E-state index < -0.39 is 0 Å².